The Hall–Kier alpha value is -2.57. The second-order valence-corrected chi connectivity index (χ2v) is 9.77. The Morgan fingerprint density at radius 3 is 2.52 bits per heavy atom. The minimum Gasteiger partial charge on any atom is -0.298 e. The number of pyridine rings is 1. The fourth-order valence-electron chi connectivity index (χ4n) is 5.33. The molecule has 0 N–H and O–H groups in total. The van der Waals surface area contributed by atoms with E-state index in [0.29, 0.717) is 6.42 Å². The first-order valence-electron chi connectivity index (χ1n) is 12.5. The predicted octanol–water partition coefficient (Wildman–Crippen LogP) is 4.22. The molecule has 0 radical (unpaired) electrons. The van der Waals surface area contributed by atoms with Crippen molar-refractivity contribution < 1.29 is 4.79 Å². The van der Waals surface area contributed by atoms with Gasteiger partial charge in [-0.15, -0.1) is 0 Å². The van der Waals surface area contributed by atoms with Gasteiger partial charge in [-0.05, 0) is 81.9 Å². The summed E-state index contributed by atoms with van der Waals surface area (Å²) in [5.74, 6) is 0.260. The smallest absolute Gasteiger partial charge is 0.155 e. The molecule has 0 bridgehead atoms. The average molecular weight is 446 g/mol. The van der Waals surface area contributed by atoms with E-state index in [2.05, 4.69) is 44.1 Å². The van der Waals surface area contributed by atoms with Crippen LogP contribution >= 0.6 is 0 Å². The van der Waals surface area contributed by atoms with Crippen molar-refractivity contribution in [1.29, 1.82) is 0 Å². The molecular weight excluding hydrogens is 410 g/mol. The van der Waals surface area contributed by atoms with Crippen LogP contribution in [0.15, 0.2) is 36.7 Å². The number of benzene rings is 1. The molecule has 1 unspecified atom stereocenters. The van der Waals surface area contributed by atoms with Gasteiger partial charge in [0.25, 0.3) is 0 Å². The quantitative estimate of drug-likeness (QED) is 0.545. The highest BCUT2D eigenvalue weighted by molar-refractivity contribution is 5.89. The van der Waals surface area contributed by atoms with E-state index in [-0.39, 0.29) is 11.8 Å². The summed E-state index contributed by atoms with van der Waals surface area (Å²) in [4.78, 5) is 22.3. The number of rotatable bonds is 7. The molecule has 5 rings (SSSR count). The Kier molecular flexibility index (Phi) is 6.56. The Balaban J connectivity index is 1.37. The lowest BCUT2D eigenvalue weighted by Crippen LogP contribution is -2.37. The number of likely N-dealkylation sites (tertiary alicyclic amines) is 2. The summed E-state index contributed by atoms with van der Waals surface area (Å²) in [5.41, 5.74) is 4.49. The number of hydrogen-bond donors (Lipinski definition) is 0. The van der Waals surface area contributed by atoms with E-state index in [1.54, 1.807) is 0 Å². The van der Waals surface area contributed by atoms with Gasteiger partial charge in [0.05, 0.1) is 24.4 Å². The number of fused-ring (bicyclic) bond motifs is 1. The molecule has 2 aromatic heterocycles. The van der Waals surface area contributed by atoms with Gasteiger partial charge in [0.15, 0.2) is 5.78 Å². The van der Waals surface area contributed by atoms with Crippen LogP contribution in [-0.4, -0.2) is 62.6 Å². The van der Waals surface area contributed by atoms with Crippen LogP contribution in [0.3, 0.4) is 0 Å². The maximum absolute atomic E-state index is 12.9. The molecule has 0 saturated carbocycles. The van der Waals surface area contributed by atoms with Gasteiger partial charge >= 0.3 is 0 Å². The van der Waals surface area contributed by atoms with Crippen LogP contribution in [0.4, 0.5) is 0 Å². The zero-order valence-corrected chi connectivity index (χ0v) is 20.0. The number of nitrogens with zero attached hydrogens (tertiary/aromatic N) is 5. The topological polar surface area (TPSA) is 54.3 Å². The molecule has 3 aromatic rings. The maximum Gasteiger partial charge on any atom is 0.155 e. The van der Waals surface area contributed by atoms with Crippen LogP contribution in [0.25, 0.3) is 21.9 Å². The van der Waals surface area contributed by atoms with Gasteiger partial charge in [-0.2, -0.15) is 5.10 Å². The predicted molar refractivity (Wildman–Crippen MR) is 132 cm³/mol. The second-order valence-electron chi connectivity index (χ2n) is 9.77. The Labute approximate surface area is 196 Å². The van der Waals surface area contributed by atoms with Crippen molar-refractivity contribution in [2.45, 2.75) is 58.0 Å². The highest BCUT2D eigenvalue weighted by Gasteiger charge is 2.24. The Morgan fingerprint density at radius 2 is 1.73 bits per heavy atom. The number of aryl methyl sites for hydroxylation is 1. The summed E-state index contributed by atoms with van der Waals surface area (Å²) in [6.07, 6.45) is 10.6. The lowest BCUT2D eigenvalue weighted by molar-refractivity contribution is -0.122. The molecule has 6 nitrogen and oxygen atoms in total. The Morgan fingerprint density at radius 1 is 0.970 bits per heavy atom. The molecular formula is C27H35N5O. The zero-order chi connectivity index (χ0) is 22.8. The van der Waals surface area contributed by atoms with Crippen molar-refractivity contribution in [3.63, 3.8) is 0 Å². The van der Waals surface area contributed by atoms with E-state index >= 15 is 0 Å². The van der Waals surface area contributed by atoms with E-state index in [9.17, 15) is 4.79 Å². The number of carbonyl (C=O) groups is 1. The maximum atomic E-state index is 12.9. The van der Waals surface area contributed by atoms with Crippen molar-refractivity contribution in [2.75, 3.05) is 26.2 Å². The molecule has 2 fully saturated rings. The van der Waals surface area contributed by atoms with E-state index in [0.717, 1.165) is 36.1 Å². The van der Waals surface area contributed by atoms with E-state index in [1.807, 2.05) is 31.0 Å². The third-order valence-corrected chi connectivity index (χ3v) is 7.48. The SMILES string of the molecule is CC(C(=O)Cc1cc2cc(-c3cnn(C)c3CN3CCCCC3)ccc2cn1)N1CCCC1. The molecule has 0 aliphatic carbocycles. The van der Waals surface area contributed by atoms with Crippen molar-refractivity contribution in [1.82, 2.24) is 24.6 Å². The van der Waals surface area contributed by atoms with Gasteiger partial charge in [0, 0.05) is 36.4 Å². The fourth-order valence-corrected chi connectivity index (χ4v) is 5.33. The third-order valence-electron chi connectivity index (χ3n) is 7.48. The van der Waals surface area contributed by atoms with E-state index in [4.69, 9.17) is 0 Å². The number of ketones is 1. The number of piperidine rings is 1. The zero-order valence-electron chi connectivity index (χ0n) is 20.0. The fraction of sp³-hybridized carbons (Fsp3) is 0.519. The first-order chi connectivity index (χ1) is 16.1. The van der Waals surface area contributed by atoms with Crippen molar-refractivity contribution >= 4 is 16.6 Å². The average Bonchev–Trinajstić information content (AvgIpc) is 3.49. The molecule has 0 spiro atoms. The normalized spacial score (nSPS) is 18.7. The summed E-state index contributed by atoms with van der Waals surface area (Å²) >= 11 is 0. The Bertz CT molecular complexity index is 1120. The summed E-state index contributed by atoms with van der Waals surface area (Å²) < 4.78 is 2.02. The number of carbonyl (C=O) groups excluding carboxylic acids is 1. The van der Waals surface area contributed by atoms with Crippen molar-refractivity contribution in [2.24, 2.45) is 7.05 Å². The monoisotopic (exact) mass is 445 g/mol. The minimum absolute atomic E-state index is 0.0240. The summed E-state index contributed by atoms with van der Waals surface area (Å²) in [6, 6.07) is 8.60. The van der Waals surface area contributed by atoms with Crippen LogP contribution < -0.4 is 0 Å². The molecule has 1 atom stereocenters. The lowest BCUT2D eigenvalue weighted by atomic mass is 10.0. The van der Waals surface area contributed by atoms with Crippen molar-refractivity contribution in [3.8, 4) is 11.1 Å². The molecule has 174 valence electrons. The molecule has 4 heterocycles. The van der Waals surface area contributed by atoms with E-state index in [1.165, 1.54) is 62.0 Å². The van der Waals surface area contributed by atoms with Crippen LogP contribution in [0.1, 0.15) is 50.4 Å². The number of Topliss-reactive ketones (excluding diaryl/α,β-unsaturated/α-hetero) is 1. The molecule has 1 aromatic carbocycles. The van der Waals surface area contributed by atoms with Gasteiger partial charge in [0.1, 0.15) is 0 Å². The highest BCUT2D eigenvalue weighted by Crippen LogP contribution is 2.29. The van der Waals surface area contributed by atoms with E-state index < -0.39 is 0 Å². The second kappa shape index (κ2) is 9.74. The molecule has 2 aliphatic rings. The van der Waals surface area contributed by atoms with Gasteiger partial charge in [-0.3, -0.25) is 24.3 Å². The minimum atomic E-state index is -0.0240. The molecule has 0 amide bonds. The third kappa shape index (κ3) is 4.87. The first kappa shape index (κ1) is 22.2. The largest absolute Gasteiger partial charge is 0.298 e. The number of hydrogen-bond acceptors (Lipinski definition) is 5. The van der Waals surface area contributed by atoms with Gasteiger partial charge in [-0.25, -0.2) is 0 Å². The first-order valence-corrected chi connectivity index (χ1v) is 12.5. The molecule has 2 aliphatic heterocycles. The van der Waals surface area contributed by atoms with Crippen LogP contribution in [0, 0.1) is 0 Å². The van der Waals surface area contributed by atoms with Crippen LogP contribution in [0.2, 0.25) is 0 Å². The van der Waals surface area contributed by atoms with Crippen LogP contribution in [0.5, 0.6) is 0 Å². The van der Waals surface area contributed by atoms with Gasteiger partial charge < -0.3 is 0 Å². The van der Waals surface area contributed by atoms with Gasteiger partial charge in [0.2, 0.25) is 0 Å². The molecule has 33 heavy (non-hydrogen) atoms. The molecule has 6 heteroatoms. The van der Waals surface area contributed by atoms with Crippen molar-refractivity contribution in [3.05, 3.63) is 48.0 Å². The lowest BCUT2D eigenvalue weighted by Gasteiger charge is -2.26. The van der Waals surface area contributed by atoms with Gasteiger partial charge in [-0.1, -0.05) is 18.6 Å². The standard InChI is InChI=1S/C27H35N5O/c1-20(32-12-6-7-13-32)27(33)16-24-15-23-14-21(8-9-22(23)17-28-24)25-18-29-30(2)26(25)19-31-10-4-3-5-11-31/h8-9,14-15,17-18,20H,3-7,10-13,16,19H2,1-2H3. The highest BCUT2D eigenvalue weighted by atomic mass is 16.1. The summed E-state index contributed by atoms with van der Waals surface area (Å²) in [7, 11) is 2.04. The number of aromatic nitrogens is 3. The molecule has 2 saturated heterocycles. The summed E-state index contributed by atoms with van der Waals surface area (Å²) in [5, 5.41) is 6.81. The summed E-state index contributed by atoms with van der Waals surface area (Å²) in [6.45, 7) is 7.38. The van der Waals surface area contributed by atoms with Crippen LogP contribution in [-0.2, 0) is 24.8 Å².